The van der Waals surface area contributed by atoms with Gasteiger partial charge in [-0.15, -0.1) is 6.42 Å². The zero-order valence-corrected chi connectivity index (χ0v) is 17.6. The summed E-state index contributed by atoms with van der Waals surface area (Å²) >= 11 is 0. The Balaban J connectivity index is 1.50. The third-order valence-corrected chi connectivity index (χ3v) is 5.23. The summed E-state index contributed by atoms with van der Waals surface area (Å²) in [5.74, 6) is 3.09. The molecule has 0 heterocycles. The Kier molecular flexibility index (Phi) is 6.00. The highest BCUT2D eigenvalue weighted by molar-refractivity contribution is 6.07. The van der Waals surface area contributed by atoms with Gasteiger partial charge in [0.15, 0.2) is 5.78 Å². The Morgan fingerprint density at radius 2 is 1.56 bits per heavy atom. The van der Waals surface area contributed by atoms with Crippen molar-refractivity contribution in [1.29, 1.82) is 0 Å². The molecule has 0 radical (unpaired) electrons. The van der Waals surface area contributed by atoms with Crippen molar-refractivity contribution in [3.8, 4) is 18.1 Å². The van der Waals surface area contributed by atoms with Crippen LogP contribution in [0.1, 0.15) is 31.8 Å². The number of ether oxygens (including phenoxy) is 1. The molecular weight excluding hydrogens is 398 g/mol. The van der Waals surface area contributed by atoms with Gasteiger partial charge in [0.05, 0.1) is 7.11 Å². The van der Waals surface area contributed by atoms with Crippen molar-refractivity contribution in [2.24, 2.45) is 0 Å². The molecule has 4 nitrogen and oxygen atoms in total. The summed E-state index contributed by atoms with van der Waals surface area (Å²) in [7, 11) is 1.60. The van der Waals surface area contributed by atoms with Crippen molar-refractivity contribution in [2.45, 2.75) is 6.42 Å². The molecule has 0 aromatic heterocycles. The lowest BCUT2D eigenvalue weighted by molar-refractivity contribution is 0.0991. The minimum atomic E-state index is -0.210. The van der Waals surface area contributed by atoms with Crippen molar-refractivity contribution in [3.63, 3.8) is 0 Å². The molecule has 156 valence electrons. The fraction of sp³-hybridized carbons (Fsp3) is 0.0714. The fourth-order valence-corrected chi connectivity index (χ4v) is 3.48. The fourth-order valence-electron chi connectivity index (χ4n) is 3.48. The first-order valence-corrected chi connectivity index (χ1v) is 10.1. The van der Waals surface area contributed by atoms with Crippen molar-refractivity contribution in [1.82, 2.24) is 0 Å². The molecular formula is C28H21NO3. The lowest BCUT2D eigenvalue weighted by Gasteiger charge is -2.08. The highest BCUT2D eigenvalue weighted by atomic mass is 16.5. The number of ketones is 1. The molecule has 0 bridgehead atoms. The van der Waals surface area contributed by atoms with Crippen LogP contribution in [0.5, 0.6) is 5.75 Å². The number of methoxy groups -OCH3 is 1. The van der Waals surface area contributed by atoms with E-state index in [1.54, 1.807) is 43.5 Å². The number of hydrogen-bond acceptors (Lipinski definition) is 3. The van der Waals surface area contributed by atoms with Crippen molar-refractivity contribution in [2.75, 3.05) is 12.4 Å². The van der Waals surface area contributed by atoms with E-state index in [1.807, 2.05) is 48.5 Å². The molecule has 0 atom stereocenters. The van der Waals surface area contributed by atoms with Crippen LogP contribution in [-0.2, 0) is 6.42 Å². The Morgan fingerprint density at radius 3 is 2.25 bits per heavy atom. The second-order valence-electron chi connectivity index (χ2n) is 7.40. The van der Waals surface area contributed by atoms with Crippen LogP contribution in [0.3, 0.4) is 0 Å². The van der Waals surface area contributed by atoms with E-state index in [1.165, 1.54) is 0 Å². The quantitative estimate of drug-likeness (QED) is 0.331. The van der Waals surface area contributed by atoms with E-state index in [2.05, 4.69) is 11.2 Å². The normalized spacial score (nSPS) is 10.4. The van der Waals surface area contributed by atoms with Gasteiger partial charge in [-0.3, -0.25) is 9.59 Å². The molecule has 4 aromatic carbocycles. The molecule has 0 aliphatic heterocycles. The van der Waals surface area contributed by atoms with Crippen LogP contribution in [0.4, 0.5) is 5.69 Å². The molecule has 0 aliphatic carbocycles. The van der Waals surface area contributed by atoms with Crippen LogP contribution < -0.4 is 10.1 Å². The zero-order valence-electron chi connectivity index (χ0n) is 17.6. The monoisotopic (exact) mass is 419 g/mol. The number of terminal acetylenes is 1. The number of benzene rings is 4. The average Bonchev–Trinajstić information content (AvgIpc) is 2.83. The minimum Gasteiger partial charge on any atom is -0.497 e. The van der Waals surface area contributed by atoms with Gasteiger partial charge < -0.3 is 10.1 Å². The van der Waals surface area contributed by atoms with Crippen LogP contribution in [0.25, 0.3) is 10.8 Å². The third kappa shape index (κ3) is 4.69. The SMILES string of the molecule is C#Cc1ccc(NC(=O)c2ccc3cc(C(=O)Cc4cccc(OC)c4)ccc3c2)cc1. The molecule has 4 heteroatoms. The number of fused-ring (bicyclic) bond motifs is 1. The van der Waals surface area contributed by atoms with Crippen LogP contribution in [-0.4, -0.2) is 18.8 Å². The van der Waals surface area contributed by atoms with Crippen LogP contribution in [0.2, 0.25) is 0 Å². The van der Waals surface area contributed by atoms with Gasteiger partial charge in [-0.05, 0) is 70.9 Å². The number of amides is 1. The maximum absolute atomic E-state index is 12.8. The van der Waals surface area contributed by atoms with Crippen LogP contribution in [0.15, 0.2) is 84.9 Å². The first kappa shape index (κ1) is 20.9. The van der Waals surface area contributed by atoms with Gasteiger partial charge in [0, 0.05) is 28.8 Å². The smallest absolute Gasteiger partial charge is 0.255 e. The highest BCUT2D eigenvalue weighted by Gasteiger charge is 2.11. The van der Waals surface area contributed by atoms with Crippen LogP contribution >= 0.6 is 0 Å². The predicted octanol–water partition coefficient (Wildman–Crippen LogP) is 5.51. The van der Waals surface area contributed by atoms with Gasteiger partial charge >= 0.3 is 0 Å². The van der Waals surface area contributed by atoms with Crippen molar-refractivity contribution < 1.29 is 14.3 Å². The number of carbonyl (C=O) groups excluding carboxylic acids is 2. The molecule has 1 N–H and O–H groups in total. The Morgan fingerprint density at radius 1 is 0.875 bits per heavy atom. The predicted molar refractivity (Wildman–Crippen MR) is 127 cm³/mol. The first-order chi connectivity index (χ1) is 15.6. The topological polar surface area (TPSA) is 55.4 Å². The molecule has 0 aliphatic rings. The van der Waals surface area contributed by atoms with E-state index < -0.39 is 0 Å². The van der Waals surface area contributed by atoms with Crippen molar-refractivity contribution >= 4 is 28.2 Å². The summed E-state index contributed by atoms with van der Waals surface area (Å²) < 4.78 is 5.23. The third-order valence-electron chi connectivity index (χ3n) is 5.23. The summed E-state index contributed by atoms with van der Waals surface area (Å²) in [5, 5.41) is 4.66. The average molecular weight is 419 g/mol. The number of anilines is 1. The molecule has 0 saturated carbocycles. The molecule has 4 rings (SSSR count). The van der Waals surface area contributed by atoms with Gasteiger partial charge in [-0.25, -0.2) is 0 Å². The lowest BCUT2D eigenvalue weighted by atomic mass is 9.99. The molecule has 0 fully saturated rings. The van der Waals surface area contributed by atoms with E-state index in [-0.39, 0.29) is 11.7 Å². The van der Waals surface area contributed by atoms with Crippen LogP contribution in [0, 0.1) is 12.3 Å². The summed E-state index contributed by atoms with van der Waals surface area (Å²) in [6, 6.07) is 25.5. The van der Waals surface area contributed by atoms with Gasteiger partial charge in [-0.1, -0.05) is 36.3 Å². The summed E-state index contributed by atoms with van der Waals surface area (Å²) in [5.41, 5.74) is 3.50. The van der Waals surface area contributed by atoms with E-state index in [4.69, 9.17) is 11.2 Å². The summed E-state index contributed by atoms with van der Waals surface area (Å²) in [6.45, 7) is 0. The molecule has 1 amide bonds. The van der Waals surface area contributed by atoms with Gasteiger partial charge in [0.2, 0.25) is 0 Å². The first-order valence-electron chi connectivity index (χ1n) is 10.1. The Hall–Kier alpha value is -4.36. The maximum atomic E-state index is 12.8. The van der Waals surface area contributed by atoms with E-state index in [0.717, 1.165) is 27.6 Å². The highest BCUT2D eigenvalue weighted by Crippen LogP contribution is 2.21. The molecule has 0 unspecified atom stereocenters. The maximum Gasteiger partial charge on any atom is 0.255 e. The molecule has 4 aromatic rings. The standard InChI is InChI=1S/C28H21NO3/c1-3-19-7-13-25(14-8-19)29-28(31)24-12-10-21-17-23(11-9-22(21)18-24)27(30)16-20-5-4-6-26(15-20)32-2/h1,4-15,17-18H,16H2,2H3,(H,29,31). The van der Waals surface area contributed by atoms with E-state index in [0.29, 0.717) is 23.2 Å². The second kappa shape index (κ2) is 9.20. The number of carbonyl (C=O) groups is 2. The second-order valence-corrected chi connectivity index (χ2v) is 7.40. The Bertz CT molecular complexity index is 1350. The van der Waals surface area contributed by atoms with Gasteiger partial charge in [-0.2, -0.15) is 0 Å². The van der Waals surface area contributed by atoms with Gasteiger partial charge in [0.1, 0.15) is 5.75 Å². The largest absolute Gasteiger partial charge is 0.497 e. The zero-order chi connectivity index (χ0) is 22.5. The summed E-state index contributed by atoms with van der Waals surface area (Å²) in [4.78, 5) is 25.4. The lowest BCUT2D eigenvalue weighted by Crippen LogP contribution is -2.11. The van der Waals surface area contributed by atoms with E-state index >= 15 is 0 Å². The molecule has 0 saturated heterocycles. The van der Waals surface area contributed by atoms with Crippen molar-refractivity contribution in [3.05, 3.63) is 107 Å². The summed E-state index contributed by atoms with van der Waals surface area (Å²) in [6.07, 6.45) is 5.65. The number of Topliss-reactive ketones (excluding diaryl/α,β-unsaturated/α-hetero) is 1. The van der Waals surface area contributed by atoms with Gasteiger partial charge in [0.25, 0.3) is 5.91 Å². The minimum absolute atomic E-state index is 0.0254. The molecule has 32 heavy (non-hydrogen) atoms. The number of nitrogens with one attached hydrogen (secondary N) is 1. The Labute approximate surface area is 186 Å². The number of hydrogen-bond donors (Lipinski definition) is 1. The molecule has 0 spiro atoms. The van der Waals surface area contributed by atoms with E-state index in [9.17, 15) is 9.59 Å². The number of rotatable bonds is 6.